The highest BCUT2D eigenvalue weighted by atomic mass is 16.5. The van der Waals surface area contributed by atoms with Gasteiger partial charge in [0.05, 0.1) is 12.5 Å². The van der Waals surface area contributed by atoms with Gasteiger partial charge >= 0.3 is 0 Å². The molecule has 2 aromatic rings. The standard InChI is InChI=1S/C18H18O3/c1-21-16-10-6-14(7-11-16)18(12-2-3-17(18)20)13-4-8-15(19)9-5-13/h4-11,19H,2-3,12H2,1H3. The van der Waals surface area contributed by atoms with Gasteiger partial charge in [0.15, 0.2) is 0 Å². The molecule has 0 heterocycles. The Morgan fingerprint density at radius 2 is 1.57 bits per heavy atom. The largest absolute Gasteiger partial charge is 0.508 e. The molecule has 2 aromatic carbocycles. The van der Waals surface area contributed by atoms with Crippen molar-refractivity contribution in [3.8, 4) is 11.5 Å². The number of phenols is 1. The van der Waals surface area contributed by atoms with Gasteiger partial charge in [0, 0.05) is 6.42 Å². The van der Waals surface area contributed by atoms with Gasteiger partial charge in [-0.05, 0) is 48.2 Å². The summed E-state index contributed by atoms with van der Waals surface area (Å²) in [5.41, 5.74) is 1.37. The molecule has 0 spiro atoms. The number of carbonyl (C=O) groups is 1. The van der Waals surface area contributed by atoms with Crippen molar-refractivity contribution in [2.45, 2.75) is 24.7 Å². The minimum atomic E-state index is -0.583. The molecule has 3 rings (SSSR count). The van der Waals surface area contributed by atoms with Crippen molar-refractivity contribution >= 4 is 5.78 Å². The van der Waals surface area contributed by atoms with Crippen LogP contribution in [0.4, 0.5) is 0 Å². The van der Waals surface area contributed by atoms with E-state index in [1.165, 1.54) is 0 Å². The highest BCUT2D eigenvalue weighted by molar-refractivity contribution is 5.95. The molecular weight excluding hydrogens is 264 g/mol. The van der Waals surface area contributed by atoms with Crippen LogP contribution in [0.5, 0.6) is 11.5 Å². The van der Waals surface area contributed by atoms with Crippen molar-refractivity contribution in [2.75, 3.05) is 7.11 Å². The Balaban J connectivity index is 2.12. The molecule has 0 bridgehead atoms. The van der Waals surface area contributed by atoms with E-state index in [4.69, 9.17) is 4.74 Å². The van der Waals surface area contributed by atoms with Gasteiger partial charge in [0.25, 0.3) is 0 Å². The Labute approximate surface area is 124 Å². The summed E-state index contributed by atoms with van der Waals surface area (Å²) in [5.74, 6) is 1.25. The van der Waals surface area contributed by atoms with Crippen LogP contribution in [0.15, 0.2) is 48.5 Å². The fourth-order valence-corrected chi connectivity index (χ4v) is 3.27. The van der Waals surface area contributed by atoms with Gasteiger partial charge in [-0.2, -0.15) is 0 Å². The highest BCUT2D eigenvalue weighted by Gasteiger charge is 2.44. The van der Waals surface area contributed by atoms with E-state index in [-0.39, 0.29) is 11.5 Å². The lowest BCUT2D eigenvalue weighted by Gasteiger charge is -2.29. The summed E-state index contributed by atoms with van der Waals surface area (Å²) in [6.07, 6.45) is 2.31. The van der Waals surface area contributed by atoms with Gasteiger partial charge in [-0.15, -0.1) is 0 Å². The summed E-state index contributed by atoms with van der Waals surface area (Å²) in [5, 5.41) is 9.49. The lowest BCUT2D eigenvalue weighted by atomic mass is 9.72. The van der Waals surface area contributed by atoms with E-state index in [1.54, 1.807) is 19.2 Å². The number of hydrogen-bond acceptors (Lipinski definition) is 3. The van der Waals surface area contributed by atoms with Crippen LogP contribution in [0, 0.1) is 0 Å². The number of ether oxygens (including phenoxy) is 1. The normalized spacial score (nSPS) is 21.5. The van der Waals surface area contributed by atoms with Gasteiger partial charge in [-0.1, -0.05) is 24.3 Å². The van der Waals surface area contributed by atoms with E-state index >= 15 is 0 Å². The number of carbonyl (C=O) groups excluding carboxylic acids is 1. The van der Waals surface area contributed by atoms with Crippen molar-refractivity contribution in [1.82, 2.24) is 0 Å². The molecule has 0 radical (unpaired) electrons. The van der Waals surface area contributed by atoms with Gasteiger partial charge in [0.2, 0.25) is 0 Å². The molecule has 108 valence electrons. The first kappa shape index (κ1) is 13.7. The van der Waals surface area contributed by atoms with Crippen LogP contribution in [-0.2, 0) is 10.2 Å². The average Bonchev–Trinajstić information content (AvgIpc) is 2.91. The highest BCUT2D eigenvalue weighted by Crippen LogP contribution is 2.44. The zero-order chi connectivity index (χ0) is 14.9. The molecule has 0 aliphatic heterocycles. The summed E-state index contributed by atoms with van der Waals surface area (Å²) in [6, 6.07) is 14.7. The van der Waals surface area contributed by atoms with Crippen LogP contribution in [0.1, 0.15) is 30.4 Å². The number of rotatable bonds is 3. The summed E-state index contributed by atoms with van der Waals surface area (Å²) < 4.78 is 5.20. The molecule has 1 saturated carbocycles. The maximum absolute atomic E-state index is 12.6. The molecule has 0 aromatic heterocycles. The van der Waals surface area contributed by atoms with E-state index < -0.39 is 5.41 Å². The van der Waals surface area contributed by atoms with Gasteiger partial charge in [0.1, 0.15) is 17.3 Å². The maximum Gasteiger partial charge on any atom is 0.147 e. The molecule has 1 unspecified atom stereocenters. The zero-order valence-corrected chi connectivity index (χ0v) is 12.0. The summed E-state index contributed by atoms with van der Waals surface area (Å²) in [4.78, 5) is 12.6. The zero-order valence-electron chi connectivity index (χ0n) is 12.0. The van der Waals surface area contributed by atoms with Gasteiger partial charge in [-0.3, -0.25) is 4.79 Å². The molecule has 3 heteroatoms. The fourth-order valence-electron chi connectivity index (χ4n) is 3.27. The molecule has 1 aliphatic carbocycles. The predicted octanol–water partition coefficient (Wildman–Crippen LogP) is 3.44. The van der Waals surface area contributed by atoms with Crippen molar-refractivity contribution in [2.24, 2.45) is 0 Å². The second-order valence-electron chi connectivity index (χ2n) is 5.46. The number of methoxy groups -OCH3 is 1. The minimum absolute atomic E-state index is 0.217. The average molecular weight is 282 g/mol. The summed E-state index contributed by atoms with van der Waals surface area (Å²) >= 11 is 0. The number of ketones is 1. The first-order valence-electron chi connectivity index (χ1n) is 7.14. The van der Waals surface area contributed by atoms with Crippen LogP contribution in [0.25, 0.3) is 0 Å². The van der Waals surface area contributed by atoms with Crippen molar-refractivity contribution in [3.63, 3.8) is 0 Å². The van der Waals surface area contributed by atoms with Crippen LogP contribution in [0.2, 0.25) is 0 Å². The molecular formula is C18H18O3. The third kappa shape index (κ3) is 2.19. The number of Topliss-reactive ketones (excluding diaryl/α,β-unsaturated/α-hetero) is 1. The second kappa shape index (κ2) is 5.24. The monoisotopic (exact) mass is 282 g/mol. The molecule has 1 fully saturated rings. The second-order valence-corrected chi connectivity index (χ2v) is 5.46. The lowest BCUT2D eigenvalue weighted by Crippen LogP contribution is -2.32. The Hall–Kier alpha value is -2.29. The number of phenolic OH excluding ortho intramolecular Hbond substituents is 1. The molecule has 1 atom stereocenters. The third-order valence-electron chi connectivity index (χ3n) is 4.37. The molecule has 0 amide bonds. The van der Waals surface area contributed by atoms with Crippen molar-refractivity contribution in [3.05, 3.63) is 59.7 Å². The van der Waals surface area contributed by atoms with Crippen LogP contribution in [-0.4, -0.2) is 18.0 Å². The fraction of sp³-hybridized carbons (Fsp3) is 0.278. The predicted molar refractivity (Wildman–Crippen MR) is 80.7 cm³/mol. The quantitative estimate of drug-likeness (QED) is 0.938. The first-order chi connectivity index (χ1) is 10.2. The Morgan fingerprint density at radius 1 is 1.00 bits per heavy atom. The number of aromatic hydroxyl groups is 1. The van der Waals surface area contributed by atoms with Crippen LogP contribution >= 0.6 is 0 Å². The lowest BCUT2D eigenvalue weighted by molar-refractivity contribution is -0.121. The molecule has 0 saturated heterocycles. The number of benzene rings is 2. The van der Waals surface area contributed by atoms with Crippen molar-refractivity contribution in [1.29, 1.82) is 0 Å². The summed E-state index contributed by atoms with van der Waals surface area (Å²) in [6.45, 7) is 0. The van der Waals surface area contributed by atoms with Gasteiger partial charge in [-0.25, -0.2) is 0 Å². The minimum Gasteiger partial charge on any atom is -0.508 e. The van der Waals surface area contributed by atoms with E-state index in [0.29, 0.717) is 6.42 Å². The molecule has 1 N–H and O–H groups in total. The molecule has 21 heavy (non-hydrogen) atoms. The van der Waals surface area contributed by atoms with E-state index in [0.717, 1.165) is 29.7 Å². The maximum atomic E-state index is 12.6. The van der Waals surface area contributed by atoms with Crippen LogP contribution < -0.4 is 4.74 Å². The molecule has 1 aliphatic rings. The van der Waals surface area contributed by atoms with Gasteiger partial charge < -0.3 is 9.84 Å². The topological polar surface area (TPSA) is 46.5 Å². The first-order valence-corrected chi connectivity index (χ1v) is 7.14. The Morgan fingerprint density at radius 3 is 2.05 bits per heavy atom. The molecule has 3 nitrogen and oxygen atoms in total. The van der Waals surface area contributed by atoms with Crippen molar-refractivity contribution < 1.29 is 14.6 Å². The number of hydrogen-bond donors (Lipinski definition) is 1. The SMILES string of the molecule is COc1ccc(C2(c3ccc(O)cc3)CCCC2=O)cc1. The summed E-state index contributed by atoms with van der Waals surface area (Å²) in [7, 11) is 1.63. The smallest absolute Gasteiger partial charge is 0.147 e. The Kier molecular flexibility index (Phi) is 3.42. The van der Waals surface area contributed by atoms with Crippen LogP contribution in [0.3, 0.4) is 0 Å². The van der Waals surface area contributed by atoms with E-state index in [2.05, 4.69) is 0 Å². The van der Waals surface area contributed by atoms with E-state index in [1.807, 2.05) is 36.4 Å². The van der Waals surface area contributed by atoms with E-state index in [9.17, 15) is 9.90 Å². The third-order valence-corrected chi connectivity index (χ3v) is 4.37. The Bertz CT molecular complexity index is 643.